The maximum absolute atomic E-state index is 12.4. The summed E-state index contributed by atoms with van der Waals surface area (Å²) in [6.45, 7) is 2.48. The first kappa shape index (κ1) is 18.9. The number of benzene rings is 2. The predicted molar refractivity (Wildman–Crippen MR) is 107 cm³/mol. The van der Waals surface area contributed by atoms with Gasteiger partial charge in [-0.1, -0.05) is 18.2 Å². The number of fused-ring (bicyclic) bond motifs is 2. The Labute approximate surface area is 168 Å². The molecule has 6 nitrogen and oxygen atoms in total. The molecule has 0 aliphatic carbocycles. The van der Waals surface area contributed by atoms with E-state index in [1.807, 2.05) is 12.1 Å². The molecule has 0 atom stereocenters. The molecule has 0 unspecified atom stereocenters. The van der Waals surface area contributed by atoms with Crippen molar-refractivity contribution in [2.75, 3.05) is 13.2 Å². The zero-order chi connectivity index (χ0) is 20.4. The van der Waals surface area contributed by atoms with Crippen LogP contribution in [0.3, 0.4) is 0 Å². The average molecular weight is 391 g/mol. The molecular formula is C23H21NO5. The predicted octanol–water partition coefficient (Wildman–Crippen LogP) is 4.23. The maximum Gasteiger partial charge on any atom is 0.338 e. The van der Waals surface area contributed by atoms with Gasteiger partial charge in [0.2, 0.25) is 0 Å². The molecule has 4 rings (SSSR count). The van der Waals surface area contributed by atoms with Gasteiger partial charge in [0.1, 0.15) is 11.3 Å². The molecular weight excluding hydrogens is 370 g/mol. The highest BCUT2D eigenvalue weighted by Gasteiger charge is 2.34. The number of nitrogens with zero attached hydrogens (tertiary/aromatic N) is 1. The van der Waals surface area contributed by atoms with Crippen molar-refractivity contribution in [3.8, 4) is 0 Å². The Morgan fingerprint density at radius 1 is 1.00 bits per heavy atom. The van der Waals surface area contributed by atoms with Gasteiger partial charge in [0.25, 0.3) is 11.8 Å². The van der Waals surface area contributed by atoms with Crippen molar-refractivity contribution in [1.29, 1.82) is 0 Å². The van der Waals surface area contributed by atoms with Crippen molar-refractivity contribution in [2.45, 2.75) is 26.2 Å². The molecule has 148 valence electrons. The molecule has 2 aromatic carbocycles. The lowest BCUT2D eigenvalue weighted by Crippen LogP contribution is -2.30. The third kappa shape index (κ3) is 3.66. The van der Waals surface area contributed by atoms with Gasteiger partial charge in [0.05, 0.1) is 23.3 Å². The van der Waals surface area contributed by atoms with Crippen molar-refractivity contribution in [2.24, 2.45) is 0 Å². The number of carbonyl (C=O) groups is 3. The van der Waals surface area contributed by atoms with Gasteiger partial charge in [0, 0.05) is 18.4 Å². The van der Waals surface area contributed by atoms with E-state index in [9.17, 15) is 14.4 Å². The van der Waals surface area contributed by atoms with E-state index in [1.54, 1.807) is 43.3 Å². The van der Waals surface area contributed by atoms with E-state index in [-0.39, 0.29) is 17.8 Å². The normalized spacial score (nSPS) is 13.2. The molecule has 0 fully saturated rings. The molecule has 1 aliphatic heterocycles. The number of imide groups is 1. The molecule has 0 radical (unpaired) electrons. The Kier molecular flexibility index (Phi) is 5.16. The zero-order valence-electron chi connectivity index (χ0n) is 16.1. The summed E-state index contributed by atoms with van der Waals surface area (Å²) < 4.78 is 10.9. The fourth-order valence-corrected chi connectivity index (χ4v) is 3.56. The minimum absolute atomic E-state index is 0.221. The number of ether oxygens (including phenoxy) is 1. The molecule has 0 saturated carbocycles. The number of esters is 1. The van der Waals surface area contributed by atoms with E-state index in [2.05, 4.69) is 0 Å². The number of hydrogen-bond acceptors (Lipinski definition) is 5. The van der Waals surface area contributed by atoms with Crippen molar-refractivity contribution < 1.29 is 23.5 Å². The summed E-state index contributed by atoms with van der Waals surface area (Å²) in [5.74, 6) is -0.00155. The van der Waals surface area contributed by atoms with E-state index >= 15 is 0 Å². The van der Waals surface area contributed by atoms with Gasteiger partial charge in [0.15, 0.2) is 0 Å². The molecule has 1 aromatic heterocycles. The topological polar surface area (TPSA) is 76.8 Å². The largest absolute Gasteiger partial charge is 0.462 e. The van der Waals surface area contributed by atoms with Crippen LogP contribution in [0.5, 0.6) is 0 Å². The van der Waals surface area contributed by atoms with Gasteiger partial charge in [-0.2, -0.15) is 0 Å². The minimum atomic E-state index is -0.367. The van der Waals surface area contributed by atoms with Crippen LogP contribution in [0.4, 0.5) is 0 Å². The molecule has 1 aliphatic rings. The second-order valence-electron chi connectivity index (χ2n) is 6.95. The molecule has 3 aromatic rings. The van der Waals surface area contributed by atoms with Gasteiger partial charge in [-0.15, -0.1) is 0 Å². The van der Waals surface area contributed by atoms with Crippen molar-refractivity contribution in [3.63, 3.8) is 0 Å². The van der Waals surface area contributed by atoms with Crippen LogP contribution in [0, 0.1) is 0 Å². The van der Waals surface area contributed by atoms with E-state index in [0.29, 0.717) is 48.3 Å². The molecule has 0 N–H and O–H groups in total. The zero-order valence-corrected chi connectivity index (χ0v) is 16.1. The highest BCUT2D eigenvalue weighted by molar-refractivity contribution is 6.21. The smallest absolute Gasteiger partial charge is 0.338 e. The molecule has 6 heteroatoms. The first-order valence-corrected chi connectivity index (χ1v) is 9.73. The van der Waals surface area contributed by atoms with E-state index < -0.39 is 0 Å². The molecule has 0 spiro atoms. The lowest BCUT2D eigenvalue weighted by atomic mass is 10.1. The third-order valence-corrected chi connectivity index (χ3v) is 5.02. The number of rotatable bonds is 7. The third-order valence-electron chi connectivity index (χ3n) is 5.02. The molecule has 0 saturated heterocycles. The molecule has 0 bridgehead atoms. The van der Waals surface area contributed by atoms with Crippen LogP contribution in [0.15, 0.2) is 52.9 Å². The number of furan rings is 1. The van der Waals surface area contributed by atoms with E-state index in [1.165, 1.54) is 4.90 Å². The van der Waals surface area contributed by atoms with Crippen LogP contribution in [-0.2, 0) is 11.2 Å². The van der Waals surface area contributed by atoms with Crippen molar-refractivity contribution in [3.05, 3.63) is 71.0 Å². The lowest BCUT2D eigenvalue weighted by molar-refractivity contribution is 0.0525. The Morgan fingerprint density at radius 2 is 1.72 bits per heavy atom. The van der Waals surface area contributed by atoms with Crippen LogP contribution in [0.1, 0.15) is 56.6 Å². The summed E-state index contributed by atoms with van der Waals surface area (Å²) in [7, 11) is 0. The van der Waals surface area contributed by atoms with E-state index in [4.69, 9.17) is 9.15 Å². The monoisotopic (exact) mass is 391 g/mol. The number of unbranched alkanes of at least 4 members (excludes halogenated alkanes) is 1. The van der Waals surface area contributed by atoms with Gasteiger partial charge in [-0.3, -0.25) is 14.5 Å². The summed E-state index contributed by atoms with van der Waals surface area (Å²) in [4.78, 5) is 37.9. The SMILES string of the molecule is CCOC(=O)c1ccc2cc(CCCCN3C(=O)c4ccccc4C3=O)oc2c1. The quantitative estimate of drug-likeness (QED) is 0.342. The summed E-state index contributed by atoms with van der Waals surface area (Å²) in [5, 5.41) is 0.924. The van der Waals surface area contributed by atoms with Gasteiger partial charge in [-0.25, -0.2) is 4.79 Å². The Morgan fingerprint density at radius 3 is 2.41 bits per heavy atom. The van der Waals surface area contributed by atoms with Crippen LogP contribution in [0.2, 0.25) is 0 Å². The molecule has 29 heavy (non-hydrogen) atoms. The first-order chi connectivity index (χ1) is 14.1. The fourth-order valence-electron chi connectivity index (χ4n) is 3.56. The summed E-state index contributed by atoms with van der Waals surface area (Å²) >= 11 is 0. The minimum Gasteiger partial charge on any atom is -0.462 e. The van der Waals surface area contributed by atoms with Crippen molar-refractivity contribution in [1.82, 2.24) is 4.90 Å². The van der Waals surface area contributed by atoms with Crippen LogP contribution in [-0.4, -0.2) is 35.8 Å². The van der Waals surface area contributed by atoms with Crippen LogP contribution >= 0.6 is 0 Å². The Balaban J connectivity index is 1.34. The first-order valence-electron chi connectivity index (χ1n) is 9.73. The molecule has 2 heterocycles. The van der Waals surface area contributed by atoms with Crippen LogP contribution in [0.25, 0.3) is 11.0 Å². The van der Waals surface area contributed by atoms with Gasteiger partial charge < -0.3 is 9.15 Å². The standard InChI is InChI=1S/C23H21NO5/c1-2-28-23(27)16-11-10-15-13-17(29-20(15)14-16)7-5-6-12-24-21(25)18-8-3-4-9-19(18)22(24)26/h3-4,8-11,13-14H,2,5-7,12H2,1H3. The number of carbonyl (C=O) groups excluding carboxylic acids is 3. The highest BCUT2D eigenvalue weighted by Crippen LogP contribution is 2.24. The van der Waals surface area contributed by atoms with Gasteiger partial charge >= 0.3 is 5.97 Å². The Hall–Kier alpha value is -3.41. The summed E-state index contributed by atoms with van der Waals surface area (Å²) in [5.41, 5.74) is 2.07. The molecule has 2 amide bonds. The van der Waals surface area contributed by atoms with E-state index in [0.717, 1.165) is 17.6 Å². The number of amides is 2. The van der Waals surface area contributed by atoms with Crippen molar-refractivity contribution >= 4 is 28.8 Å². The van der Waals surface area contributed by atoms with Crippen LogP contribution < -0.4 is 0 Å². The maximum atomic E-state index is 12.4. The second-order valence-corrected chi connectivity index (χ2v) is 6.95. The average Bonchev–Trinajstić information content (AvgIpc) is 3.24. The summed E-state index contributed by atoms with van der Waals surface area (Å²) in [6.07, 6.45) is 2.15. The number of aryl methyl sites for hydroxylation is 1. The fraction of sp³-hybridized carbons (Fsp3) is 0.261. The number of hydrogen-bond donors (Lipinski definition) is 0. The summed E-state index contributed by atoms with van der Waals surface area (Å²) in [6, 6.07) is 14.1. The lowest BCUT2D eigenvalue weighted by Gasteiger charge is -2.13. The van der Waals surface area contributed by atoms with Gasteiger partial charge in [-0.05, 0) is 50.1 Å². The Bertz CT molecular complexity index is 1060. The second kappa shape index (κ2) is 7.91. The highest BCUT2D eigenvalue weighted by atomic mass is 16.5.